The number of morpholine rings is 1. The zero-order chi connectivity index (χ0) is 21.6. The monoisotopic (exact) mass is 498 g/mol. The highest BCUT2D eigenvalue weighted by atomic mass is 35.5. The van der Waals surface area contributed by atoms with E-state index in [1.54, 1.807) is 26.2 Å². The van der Waals surface area contributed by atoms with Crippen molar-refractivity contribution in [2.45, 2.75) is 13.1 Å². The highest BCUT2D eigenvalue weighted by molar-refractivity contribution is 5.72. The highest BCUT2D eigenvalue weighted by Gasteiger charge is 2.21. The van der Waals surface area contributed by atoms with E-state index in [1.807, 2.05) is 12.1 Å². The van der Waals surface area contributed by atoms with Gasteiger partial charge >= 0.3 is 5.95 Å². The molecule has 0 aliphatic carbocycles. The second kappa shape index (κ2) is 12.7. The predicted octanol–water partition coefficient (Wildman–Crippen LogP) is -4.98. The van der Waals surface area contributed by atoms with Gasteiger partial charge in [0.25, 0.3) is 0 Å². The average Bonchev–Trinajstić information content (AvgIpc) is 3.18. The molecule has 0 spiro atoms. The van der Waals surface area contributed by atoms with Crippen LogP contribution in [0.15, 0.2) is 36.4 Å². The lowest BCUT2D eigenvalue weighted by atomic mass is 10.2. The Kier molecular flexibility index (Phi) is 10.4. The number of aromatic nitrogens is 2. The standard InChI is InChI=1S/C23H30N4O4.2ClH/c1-28-20-14-17(15-21(29-2)22(20)30-3)16-24-23-25-18-6-4-5-7-19(18)27(23)9-8-26-10-12-31-13-11-26;;/h4-7,14-15H,8-13,16H2,1-3H3,(H,24,25);2*1H. The van der Waals surface area contributed by atoms with Crippen molar-refractivity contribution in [2.75, 3.05) is 59.5 Å². The van der Waals surface area contributed by atoms with Gasteiger partial charge in [0.15, 0.2) is 11.5 Å². The van der Waals surface area contributed by atoms with Crippen LogP contribution in [0.25, 0.3) is 11.0 Å². The summed E-state index contributed by atoms with van der Waals surface area (Å²) in [7, 11) is 4.88. The van der Waals surface area contributed by atoms with Crippen molar-refractivity contribution in [2.24, 2.45) is 0 Å². The maximum absolute atomic E-state index is 5.50. The molecule has 8 nitrogen and oxygen atoms in total. The minimum Gasteiger partial charge on any atom is -1.00 e. The quantitative estimate of drug-likeness (QED) is 0.258. The Morgan fingerprint density at radius 1 is 1.00 bits per heavy atom. The Morgan fingerprint density at radius 2 is 1.67 bits per heavy atom. The van der Waals surface area contributed by atoms with E-state index in [1.165, 1.54) is 5.52 Å². The van der Waals surface area contributed by atoms with Crippen molar-refractivity contribution in [3.05, 3.63) is 42.0 Å². The number of anilines is 1. The third-order valence-electron chi connectivity index (χ3n) is 5.79. The maximum Gasteiger partial charge on any atom is 0.356 e. The van der Waals surface area contributed by atoms with Crippen LogP contribution in [0.2, 0.25) is 0 Å². The normalized spacial score (nSPS) is 13.7. The number of nitrogens with one attached hydrogen (secondary N) is 3. The van der Waals surface area contributed by atoms with E-state index in [4.69, 9.17) is 18.9 Å². The zero-order valence-corrected chi connectivity index (χ0v) is 20.8. The van der Waals surface area contributed by atoms with Crippen LogP contribution >= 0.6 is 0 Å². The van der Waals surface area contributed by atoms with Crippen molar-refractivity contribution >= 4 is 17.0 Å². The summed E-state index contributed by atoms with van der Waals surface area (Å²) in [5, 5.41) is 3.57. The van der Waals surface area contributed by atoms with Crippen LogP contribution in [0.1, 0.15) is 5.56 Å². The molecule has 1 fully saturated rings. The van der Waals surface area contributed by atoms with Gasteiger partial charge in [0, 0.05) is 0 Å². The zero-order valence-electron chi connectivity index (χ0n) is 19.2. The number of halogens is 2. The summed E-state index contributed by atoms with van der Waals surface area (Å²) in [6, 6.07) is 12.3. The molecule has 0 bridgehead atoms. The minimum atomic E-state index is 0. The first-order valence-corrected chi connectivity index (χ1v) is 10.7. The highest BCUT2D eigenvalue weighted by Crippen LogP contribution is 2.38. The van der Waals surface area contributed by atoms with Gasteiger partial charge in [-0.25, -0.2) is 9.55 Å². The SMILES string of the molecule is COc1cc(CNc2[nH]c3ccccc3[n+]2CC[NH+]2CCOCC2)cc(OC)c1OC.[Cl-].[Cl-]. The van der Waals surface area contributed by atoms with Crippen LogP contribution in [0.5, 0.6) is 17.2 Å². The van der Waals surface area contributed by atoms with Crippen LogP contribution in [0.3, 0.4) is 0 Å². The number of para-hydroxylation sites is 2. The van der Waals surface area contributed by atoms with E-state index >= 15 is 0 Å². The van der Waals surface area contributed by atoms with E-state index in [2.05, 4.69) is 39.1 Å². The lowest BCUT2D eigenvalue weighted by Gasteiger charge is -2.23. The molecule has 1 aliphatic rings. The lowest BCUT2D eigenvalue weighted by Crippen LogP contribution is -3.14. The van der Waals surface area contributed by atoms with Crippen molar-refractivity contribution in [1.29, 1.82) is 0 Å². The number of quaternary nitrogens is 1. The first-order chi connectivity index (χ1) is 15.2. The van der Waals surface area contributed by atoms with E-state index < -0.39 is 0 Å². The number of fused-ring (bicyclic) bond motifs is 1. The van der Waals surface area contributed by atoms with Gasteiger partial charge in [-0.1, -0.05) is 12.1 Å². The third kappa shape index (κ3) is 6.14. The number of methoxy groups -OCH3 is 3. The predicted molar refractivity (Wildman–Crippen MR) is 118 cm³/mol. The summed E-state index contributed by atoms with van der Waals surface area (Å²) in [4.78, 5) is 5.12. The molecule has 3 aromatic rings. The molecule has 4 rings (SSSR count). The Balaban J connectivity index is 0.00000193. The van der Waals surface area contributed by atoms with Crippen molar-refractivity contribution in [3.63, 3.8) is 0 Å². The molecule has 182 valence electrons. The number of aromatic amines is 1. The van der Waals surface area contributed by atoms with Gasteiger partial charge in [0.1, 0.15) is 37.2 Å². The van der Waals surface area contributed by atoms with E-state index in [0.717, 1.165) is 56.4 Å². The number of rotatable bonds is 9. The fourth-order valence-electron chi connectivity index (χ4n) is 4.11. The Bertz CT molecular complexity index is 1000. The van der Waals surface area contributed by atoms with Crippen LogP contribution in [-0.2, 0) is 17.8 Å². The molecule has 2 aromatic carbocycles. The second-order valence-corrected chi connectivity index (χ2v) is 7.64. The van der Waals surface area contributed by atoms with Gasteiger partial charge in [-0.3, -0.25) is 5.32 Å². The molecule has 33 heavy (non-hydrogen) atoms. The molecular formula is C23H32Cl2N4O4. The summed E-state index contributed by atoms with van der Waals surface area (Å²) >= 11 is 0. The summed E-state index contributed by atoms with van der Waals surface area (Å²) in [5.41, 5.74) is 3.35. The molecule has 1 saturated heterocycles. The molecule has 0 atom stereocenters. The van der Waals surface area contributed by atoms with Crippen molar-refractivity contribution in [1.82, 2.24) is 4.98 Å². The first-order valence-electron chi connectivity index (χ1n) is 10.7. The van der Waals surface area contributed by atoms with Gasteiger partial charge in [-0.2, -0.15) is 0 Å². The molecule has 1 aromatic heterocycles. The first kappa shape index (κ1) is 26.9. The van der Waals surface area contributed by atoms with Gasteiger partial charge in [0.2, 0.25) is 5.75 Å². The number of H-pyrrole nitrogens is 1. The van der Waals surface area contributed by atoms with Gasteiger partial charge < -0.3 is 48.7 Å². The number of imidazole rings is 1. The molecule has 0 amide bonds. The maximum atomic E-state index is 5.50. The lowest BCUT2D eigenvalue weighted by molar-refractivity contribution is -0.923. The summed E-state index contributed by atoms with van der Waals surface area (Å²) in [6.45, 7) is 6.44. The topological polar surface area (TPSA) is 73.1 Å². The number of hydrogen-bond acceptors (Lipinski definition) is 5. The van der Waals surface area contributed by atoms with E-state index in [0.29, 0.717) is 23.8 Å². The molecule has 0 radical (unpaired) electrons. The van der Waals surface area contributed by atoms with Crippen molar-refractivity contribution < 1.29 is 53.2 Å². The fraction of sp³-hybridized carbons (Fsp3) is 0.435. The smallest absolute Gasteiger partial charge is 0.356 e. The average molecular weight is 499 g/mol. The summed E-state index contributed by atoms with van der Waals surface area (Å²) in [6.07, 6.45) is 0. The molecule has 3 N–H and O–H groups in total. The molecule has 2 heterocycles. The Morgan fingerprint density at radius 3 is 2.30 bits per heavy atom. The molecule has 1 aliphatic heterocycles. The summed E-state index contributed by atoms with van der Waals surface area (Å²) < 4.78 is 24.2. The van der Waals surface area contributed by atoms with Gasteiger partial charge in [-0.05, 0) is 29.8 Å². The van der Waals surface area contributed by atoms with Crippen LogP contribution in [0, 0.1) is 0 Å². The largest absolute Gasteiger partial charge is 1.00 e. The number of hydrogen-bond donors (Lipinski definition) is 3. The fourth-order valence-corrected chi connectivity index (χ4v) is 4.11. The number of nitrogens with zero attached hydrogens (tertiary/aromatic N) is 1. The molecule has 0 unspecified atom stereocenters. The summed E-state index contributed by atoms with van der Waals surface area (Å²) in [5.74, 6) is 2.89. The van der Waals surface area contributed by atoms with Crippen LogP contribution in [-0.4, -0.2) is 59.2 Å². The van der Waals surface area contributed by atoms with Gasteiger partial charge in [-0.15, -0.1) is 0 Å². The molecule has 0 saturated carbocycles. The minimum absolute atomic E-state index is 0. The van der Waals surface area contributed by atoms with E-state index in [-0.39, 0.29) is 24.8 Å². The van der Waals surface area contributed by atoms with Crippen molar-refractivity contribution in [3.8, 4) is 17.2 Å². The Hall–Kier alpha value is -2.39. The second-order valence-electron chi connectivity index (χ2n) is 7.64. The molecular weight excluding hydrogens is 467 g/mol. The molecule has 10 heteroatoms. The van der Waals surface area contributed by atoms with Crippen LogP contribution in [0.4, 0.5) is 5.95 Å². The number of ether oxygens (including phenoxy) is 4. The van der Waals surface area contributed by atoms with E-state index in [9.17, 15) is 0 Å². The third-order valence-corrected chi connectivity index (χ3v) is 5.79. The number of benzene rings is 2. The van der Waals surface area contributed by atoms with Crippen LogP contribution < -0.4 is 53.8 Å². The van der Waals surface area contributed by atoms with Gasteiger partial charge in [0.05, 0.1) is 41.1 Å². The Labute approximate surface area is 207 Å².